The van der Waals surface area contributed by atoms with Gasteiger partial charge in [0.05, 0.1) is 53.7 Å². The molecule has 2 fully saturated rings. The number of aromatic amines is 1. The quantitative estimate of drug-likeness (QED) is 0.396. The van der Waals surface area contributed by atoms with E-state index < -0.39 is 17.8 Å². The predicted molar refractivity (Wildman–Crippen MR) is 158 cm³/mol. The lowest BCUT2D eigenvalue weighted by molar-refractivity contribution is -0.131. The summed E-state index contributed by atoms with van der Waals surface area (Å²) in [5, 5.41) is 18.2. The standard InChI is InChI=1S/C30H34ClFN8O3/c1-17-11-24-21(13-34-37-24)26(27(17)31)25-12-23-22(16-42-25)28(36-30(35-23)43-15-20-5-4-8-38(20)3)39-9-10-40(29(41)18(2)32)19(14-39)6-7-33/h11,13,19-20,25H,2,4-6,8-10,12,14-16H2,1,3H3,(H,34,37). The van der Waals surface area contributed by atoms with E-state index in [0.717, 1.165) is 52.7 Å². The molecule has 11 nitrogen and oxygen atoms in total. The van der Waals surface area contributed by atoms with Crippen LogP contribution in [0.15, 0.2) is 24.7 Å². The van der Waals surface area contributed by atoms with Gasteiger partial charge in [0, 0.05) is 48.6 Å². The summed E-state index contributed by atoms with van der Waals surface area (Å²) >= 11 is 6.83. The zero-order chi connectivity index (χ0) is 30.2. The number of H-pyrrole nitrogens is 1. The molecule has 1 amide bonds. The highest BCUT2D eigenvalue weighted by Gasteiger charge is 2.36. The summed E-state index contributed by atoms with van der Waals surface area (Å²) in [6.07, 6.45) is 4.04. The Kier molecular flexibility index (Phi) is 8.22. The van der Waals surface area contributed by atoms with Gasteiger partial charge in [-0.15, -0.1) is 0 Å². The molecule has 5 heterocycles. The highest BCUT2D eigenvalue weighted by atomic mass is 35.5. The first-order valence-corrected chi connectivity index (χ1v) is 14.9. The van der Waals surface area contributed by atoms with Crippen molar-refractivity contribution < 1.29 is 18.7 Å². The number of carbonyl (C=O) groups is 1. The maximum absolute atomic E-state index is 13.8. The molecule has 1 aromatic carbocycles. The minimum atomic E-state index is -1.04. The minimum absolute atomic E-state index is 0.0469. The largest absolute Gasteiger partial charge is 0.462 e. The third kappa shape index (κ3) is 5.64. The number of nitrogens with zero attached hydrogens (tertiary/aromatic N) is 7. The number of aryl methyl sites for hydroxylation is 1. The fraction of sp³-hybridized carbons (Fsp3) is 0.500. The number of ether oxygens (including phenoxy) is 2. The number of nitrogens with one attached hydrogen (secondary N) is 1. The fourth-order valence-electron chi connectivity index (χ4n) is 6.40. The molecule has 6 rings (SSSR count). The number of amides is 1. The maximum Gasteiger partial charge on any atom is 0.318 e. The van der Waals surface area contributed by atoms with Crippen LogP contribution in [0.25, 0.3) is 10.9 Å². The second-order valence-corrected chi connectivity index (χ2v) is 11.8. The molecule has 0 saturated carbocycles. The molecule has 3 aromatic rings. The highest BCUT2D eigenvalue weighted by molar-refractivity contribution is 6.33. The molecule has 2 aromatic heterocycles. The molecule has 3 atom stereocenters. The number of carbonyl (C=O) groups excluding carboxylic acids is 1. The lowest BCUT2D eigenvalue weighted by Crippen LogP contribution is -2.55. The number of fused-ring (bicyclic) bond motifs is 2. The molecule has 226 valence electrons. The molecule has 3 aliphatic rings. The van der Waals surface area contributed by atoms with Crippen molar-refractivity contribution in [2.24, 2.45) is 0 Å². The van der Waals surface area contributed by atoms with Gasteiger partial charge in [-0.1, -0.05) is 18.2 Å². The topological polar surface area (TPSA) is 124 Å². The lowest BCUT2D eigenvalue weighted by Gasteiger charge is -2.42. The van der Waals surface area contributed by atoms with Crippen molar-refractivity contribution in [3.8, 4) is 12.1 Å². The van der Waals surface area contributed by atoms with E-state index in [1.165, 1.54) is 4.90 Å². The van der Waals surface area contributed by atoms with Gasteiger partial charge in [0.2, 0.25) is 0 Å². The van der Waals surface area contributed by atoms with Crippen LogP contribution < -0.4 is 9.64 Å². The number of anilines is 1. The van der Waals surface area contributed by atoms with E-state index in [4.69, 9.17) is 31.0 Å². The Balaban J connectivity index is 1.35. The first kappa shape index (κ1) is 29.3. The van der Waals surface area contributed by atoms with E-state index >= 15 is 0 Å². The Morgan fingerprint density at radius 3 is 2.91 bits per heavy atom. The van der Waals surface area contributed by atoms with E-state index in [1.54, 1.807) is 6.20 Å². The first-order valence-electron chi connectivity index (χ1n) is 14.5. The van der Waals surface area contributed by atoms with Gasteiger partial charge in [0.1, 0.15) is 12.4 Å². The Labute approximate surface area is 254 Å². The SMILES string of the molecule is C=C(F)C(=O)N1CCN(c2nc(OCC3CCCN3C)nc3c2COC(c2c(Cl)c(C)cc4[nH]ncc24)C3)CC1CC#N. The average Bonchev–Trinajstić information content (AvgIpc) is 3.63. The van der Waals surface area contributed by atoms with Gasteiger partial charge in [-0.2, -0.15) is 20.3 Å². The van der Waals surface area contributed by atoms with Gasteiger partial charge in [-0.3, -0.25) is 9.89 Å². The van der Waals surface area contributed by atoms with Gasteiger partial charge < -0.3 is 24.2 Å². The minimum Gasteiger partial charge on any atom is -0.462 e. The van der Waals surface area contributed by atoms with Gasteiger partial charge >= 0.3 is 6.01 Å². The van der Waals surface area contributed by atoms with Crippen molar-refractivity contribution in [1.82, 2.24) is 30.0 Å². The number of benzene rings is 1. The molecule has 0 spiro atoms. The number of likely N-dealkylation sites (tertiary alicyclic amines) is 1. The molecule has 43 heavy (non-hydrogen) atoms. The third-order valence-corrected chi connectivity index (χ3v) is 9.26. The fourth-order valence-corrected chi connectivity index (χ4v) is 6.68. The molecule has 3 unspecified atom stereocenters. The zero-order valence-corrected chi connectivity index (χ0v) is 25.0. The van der Waals surface area contributed by atoms with Crippen molar-refractivity contribution in [2.45, 2.75) is 57.4 Å². The van der Waals surface area contributed by atoms with E-state index in [1.807, 2.05) is 17.9 Å². The number of piperazine rings is 1. The molecule has 3 aliphatic heterocycles. The van der Waals surface area contributed by atoms with Crippen molar-refractivity contribution in [3.05, 3.63) is 52.1 Å². The molecule has 13 heteroatoms. The Morgan fingerprint density at radius 1 is 1.33 bits per heavy atom. The van der Waals surface area contributed by atoms with Crippen molar-refractivity contribution in [2.75, 3.05) is 44.7 Å². The van der Waals surface area contributed by atoms with Gasteiger partial charge in [-0.05, 0) is 45.0 Å². The summed E-state index contributed by atoms with van der Waals surface area (Å²) in [5.41, 5.74) is 4.27. The summed E-state index contributed by atoms with van der Waals surface area (Å²) in [4.78, 5) is 27.9. The normalized spacial score (nSPS) is 22.4. The summed E-state index contributed by atoms with van der Waals surface area (Å²) < 4.78 is 26.4. The Hall–Kier alpha value is -3.79. The number of halogens is 2. The molecule has 0 bridgehead atoms. The number of nitriles is 1. The van der Waals surface area contributed by atoms with E-state index in [2.05, 4.69) is 34.8 Å². The van der Waals surface area contributed by atoms with E-state index in [-0.39, 0.29) is 37.7 Å². The second-order valence-electron chi connectivity index (χ2n) is 11.5. The van der Waals surface area contributed by atoms with Crippen LogP contribution in [0.2, 0.25) is 5.02 Å². The monoisotopic (exact) mass is 608 g/mol. The van der Waals surface area contributed by atoms with E-state index in [9.17, 15) is 14.4 Å². The number of hydrogen-bond acceptors (Lipinski definition) is 9. The van der Waals surface area contributed by atoms with Crippen LogP contribution >= 0.6 is 11.6 Å². The highest BCUT2D eigenvalue weighted by Crippen LogP contribution is 2.41. The third-order valence-electron chi connectivity index (χ3n) is 8.76. The van der Waals surface area contributed by atoms with Crippen molar-refractivity contribution in [3.63, 3.8) is 0 Å². The molecule has 0 aliphatic carbocycles. The lowest BCUT2D eigenvalue weighted by atomic mass is 9.95. The summed E-state index contributed by atoms with van der Waals surface area (Å²) in [6, 6.07) is 4.12. The second kappa shape index (κ2) is 12.1. The van der Waals surface area contributed by atoms with Crippen LogP contribution in [0.3, 0.4) is 0 Å². The van der Waals surface area contributed by atoms with Gasteiger partial charge in [-0.25, -0.2) is 4.39 Å². The Morgan fingerprint density at radius 2 is 2.16 bits per heavy atom. The first-order chi connectivity index (χ1) is 20.7. The molecule has 1 N–H and O–H groups in total. The molecule has 0 radical (unpaired) electrons. The smallest absolute Gasteiger partial charge is 0.318 e. The summed E-state index contributed by atoms with van der Waals surface area (Å²) in [6.45, 7) is 7.74. The van der Waals surface area contributed by atoms with Crippen LogP contribution in [-0.2, 0) is 22.6 Å². The number of hydrogen-bond donors (Lipinski definition) is 1. The maximum atomic E-state index is 13.8. The van der Waals surface area contributed by atoms with E-state index in [0.29, 0.717) is 37.0 Å². The van der Waals surface area contributed by atoms with Crippen molar-refractivity contribution in [1.29, 1.82) is 5.26 Å². The van der Waals surface area contributed by atoms with Crippen LogP contribution in [0, 0.1) is 18.3 Å². The van der Waals surface area contributed by atoms with Crippen LogP contribution in [0.5, 0.6) is 6.01 Å². The zero-order valence-electron chi connectivity index (χ0n) is 24.3. The molecule has 2 saturated heterocycles. The molecular formula is C30H34ClFN8O3. The molecular weight excluding hydrogens is 575 g/mol. The number of rotatable bonds is 7. The Bertz CT molecular complexity index is 1610. The number of aromatic nitrogens is 4. The van der Waals surface area contributed by atoms with Gasteiger partial charge in [0.25, 0.3) is 5.91 Å². The average molecular weight is 609 g/mol. The van der Waals surface area contributed by atoms with Gasteiger partial charge in [0.15, 0.2) is 5.83 Å². The number of likely N-dealkylation sites (N-methyl/N-ethyl adjacent to an activating group) is 1. The van der Waals surface area contributed by atoms with Crippen LogP contribution in [-0.4, -0.2) is 87.8 Å². The summed E-state index contributed by atoms with van der Waals surface area (Å²) in [5.74, 6) is -1.19. The van der Waals surface area contributed by atoms with Crippen LogP contribution in [0.1, 0.15) is 47.8 Å². The van der Waals surface area contributed by atoms with Crippen LogP contribution in [0.4, 0.5) is 10.2 Å². The summed E-state index contributed by atoms with van der Waals surface area (Å²) in [7, 11) is 2.09. The predicted octanol–water partition coefficient (Wildman–Crippen LogP) is 4.02. The van der Waals surface area contributed by atoms with Crippen molar-refractivity contribution >= 4 is 34.2 Å².